The van der Waals surface area contributed by atoms with Crippen molar-refractivity contribution >= 4 is 24.2 Å². The summed E-state index contributed by atoms with van der Waals surface area (Å²) < 4.78 is 6.89. The molecule has 3 heteroatoms. The van der Waals surface area contributed by atoms with Crippen molar-refractivity contribution in [3.8, 4) is 0 Å². The Hall–Kier alpha value is -1.71. The summed E-state index contributed by atoms with van der Waals surface area (Å²) in [6.45, 7) is 13.8. The van der Waals surface area contributed by atoms with Crippen molar-refractivity contribution in [1.82, 2.24) is 0 Å². The van der Waals surface area contributed by atoms with Crippen molar-refractivity contribution < 1.29 is 9.53 Å². The largest absolute Gasteiger partial charge is 0.370 e. The molecule has 0 N–H and O–H groups in total. The second kappa shape index (κ2) is 7.17. The number of ketones is 1. The molecule has 0 saturated carbocycles. The number of benzene rings is 2. The third-order valence-corrected chi connectivity index (χ3v) is 14.9. The molecule has 2 bridgehead atoms. The van der Waals surface area contributed by atoms with Crippen LogP contribution < -0.4 is 10.4 Å². The highest BCUT2D eigenvalue weighted by Gasteiger charge is 2.70. The highest BCUT2D eigenvalue weighted by molar-refractivity contribution is 7.05. The van der Waals surface area contributed by atoms with Gasteiger partial charge in [-0.3, -0.25) is 4.79 Å². The van der Waals surface area contributed by atoms with Crippen LogP contribution in [0.2, 0.25) is 10.6 Å². The van der Waals surface area contributed by atoms with E-state index in [-0.39, 0.29) is 11.1 Å². The molecule has 30 heavy (non-hydrogen) atoms. The maximum Gasteiger partial charge on any atom is 0.143 e. The van der Waals surface area contributed by atoms with Gasteiger partial charge >= 0.3 is 0 Å². The molecule has 2 aromatic carbocycles. The maximum absolute atomic E-state index is 13.3. The molecule has 2 aromatic rings. The number of carbonyl (C=O) groups is 1. The van der Waals surface area contributed by atoms with Crippen LogP contribution in [-0.4, -0.2) is 25.6 Å². The van der Waals surface area contributed by atoms with E-state index in [0.29, 0.717) is 17.7 Å². The highest BCUT2D eigenvalue weighted by Crippen LogP contribution is 2.64. The monoisotopic (exact) mass is 420 g/mol. The average molecular weight is 421 g/mol. The van der Waals surface area contributed by atoms with Crippen LogP contribution in [0.1, 0.15) is 60.8 Å². The predicted molar refractivity (Wildman–Crippen MR) is 127 cm³/mol. The Morgan fingerprint density at radius 1 is 0.967 bits per heavy atom. The van der Waals surface area contributed by atoms with Crippen molar-refractivity contribution in [1.29, 1.82) is 0 Å². The maximum atomic E-state index is 13.3. The molecule has 0 radical (unpaired) electrons. The van der Waals surface area contributed by atoms with Crippen molar-refractivity contribution in [3.63, 3.8) is 0 Å². The summed E-state index contributed by atoms with van der Waals surface area (Å²) in [5, 5.41) is 2.98. The van der Waals surface area contributed by atoms with E-state index >= 15 is 0 Å². The Morgan fingerprint density at radius 3 is 1.90 bits per heavy atom. The number of hydrogen-bond donors (Lipinski definition) is 0. The smallest absolute Gasteiger partial charge is 0.143 e. The van der Waals surface area contributed by atoms with E-state index in [4.69, 9.17) is 4.74 Å². The number of Topliss-reactive ketones (excluding diaryl/α,β-unsaturated/α-hetero) is 1. The number of ether oxygens (including phenoxy) is 1. The van der Waals surface area contributed by atoms with Gasteiger partial charge in [-0.2, -0.15) is 0 Å². The predicted octanol–water partition coefficient (Wildman–Crippen LogP) is 5.36. The van der Waals surface area contributed by atoms with Gasteiger partial charge in [0.1, 0.15) is 13.9 Å². The van der Waals surface area contributed by atoms with Gasteiger partial charge in [-0.05, 0) is 23.4 Å². The molecular formula is C27H36O2Si. The topological polar surface area (TPSA) is 26.3 Å². The summed E-state index contributed by atoms with van der Waals surface area (Å²) in [5.41, 5.74) is -0.559. The minimum Gasteiger partial charge on any atom is -0.370 e. The summed E-state index contributed by atoms with van der Waals surface area (Å²) in [6, 6.07) is 22.3. The van der Waals surface area contributed by atoms with Crippen LogP contribution in [-0.2, 0) is 9.53 Å². The van der Waals surface area contributed by atoms with Crippen molar-refractivity contribution in [3.05, 3.63) is 60.7 Å². The number of fused-ring (bicyclic) bond motifs is 2. The molecule has 2 nitrogen and oxygen atoms in total. The normalized spacial score (nSPS) is 28.5. The van der Waals surface area contributed by atoms with Crippen LogP contribution in [0.3, 0.4) is 0 Å². The van der Waals surface area contributed by atoms with Gasteiger partial charge in [-0.15, -0.1) is 0 Å². The molecule has 3 atom stereocenters. The Morgan fingerprint density at radius 2 is 1.47 bits per heavy atom. The summed E-state index contributed by atoms with van der Waals surface area (Å²) in [7, 11) is -2.39. The lowest BCUT2D eigenvalue weighted by molar-refractivity contribution is -0.173. The molecule has 2 aliphatic heterocycles. The molecule has 0 spiro atoms. The zero-order valence-electron chi connectivity index (χ0n) is 19.4. The van der Waals surface area contributed by atoms with Crippen molar-refractivity contribution in [2.75, 3.05) is 0 Å². The van der Waals surface area contributed by atoms with Crippen LogP contribution in [0.4, 0.5) is 0 Å². The standard InChI is InChI=1S/C27H36O2Si/c1-7-27-24(19-20(29-27)18-23(28)26(27,5)6)30(25(2,3)4,21-14-10-8-11-15-21)22-16-12-9-13-17-22/h8-17,20,24H,7,18-19H2,1-6H3/t20-,24-,27-/m0/s1. The van der Waals surface area contributed by atoms with Gasteiger partial charge in [-0.25, -0.2) is 0 Å². The quantitative estimate of drug-likeness (QED) is 0.623. The second-order valence-electron chi connectivity index (χ2n) is 10.8. The van der Waals surface area contributed by atoms with E-state index in [9.17, 15) is 4.79 Å². The fourth-order valence-corrected chi connectivity index (χ4v) is 14.2. The van der Waals surface area contributed by atoms with Crippen LogP contribution in [0, 0.1) is 5.41 Å². The van der Waals surface area contributed by atoms with Gasteiger partial charge < -0.3 is 4.74 Å². The molecule has 2 fully saturated rings. The second-order valence-corrected chi connectivity index (χ2v) is 15.8. The van der Waals surface area contributed by atoms with Crippen LogP contribution in [0.25, 0.3) is 0 Å². The molecule has 0 amide bonds. The van der Waals surface area contributed by atoms with Crippen molar-refractivity contribution in [2.24, 2.45) is 5.41 Å². The van der Waals surface area contributed by atoms with Gasteiger partial charge in [0.25, 0.3) is 0 Å². The van der Waals surface area contributed by atoms with Crippen molar-refractivity contribution in [2.45, 2.75) is 83.1 Å². The Balaban J connectivity index is 2.08. The van der Waals surface area contributed by atoms with Crippen LogP contribution in [0.15, 0.2) is 60.7 Å². The fraction of sp³-hybridized carbons (Fsp3) is 0.519. The molecular weight excluding hydrogens is 384 g/mol. The first kappa shape index (κ1) is 21.5. The Kier molecular flexibility index (Phi) is 5.14. The number of hydrogen-bond acceptors (Lipinski definition) is 2. The first-order valence-corrected chi connectivity index (χ1v) is 13.5. The van der Waals surface area contributed by atoms with Gasteiger partial charge in [-0.1, -0.05) is 113 Å². The SMILES string of the molecule is CC[C@@]12O[C@@H](CC(=O)C1(C)C)C[C@@H]2[Si](c1ccccc1)(c1ccccc1)C(C)(C)C. The lowest BCUT2D eigenvalue weighted by Gasteiger charge is -2.57. The molecule has 0 aliphatic carbocycles. The van der Waals surface area contributed by atoms with E-state index in [1.54, 1.807) is 0 Å². The third-order valence-electron chi connectivity index (χ3n) is 8.30. The first-order chi connectivity index (χ1) is 14.1. The van der Waals surface area contributed by atoms with E-state index < -0.39 is 19.1 Å². The van der Waals surface area contributed by atoms with Gasteiger partial charge in [0.15, 0.2) is 0 Å². The third kappa shape index (κ3) is 2.74. The molecule has 2 saturated heterocycles. The Labute approximate surface area is 183 Å². The van der Waals surface area contributed by atoms with Crippen LogP contribution in [0.5, 0.6) is 0 Å². The zero-order chi connectivity index (χ0) is 21.8. The average Bonchev–Trinajstić information content (AvgIpc) is 3.05. The van der Waals surface area contributed by atoms with E-state index in [1.807, 2.05) is 0 Å². The lowest BCUT2D eigenvalue weighted by atomic mass is 9.68. The summed E-state index contributed by atoms with van der Waals surface area (Å²) >= 11 is 0. The highest BCUT2D eigenvalue weighted by atomic mass is 28.3. The lowest BCUT2D eigenvalue weighted by Crippen LogP contribution is -2.72. The summed E-state index contributed by atoms with van der Waals surface area (Å²) in [4.78, 5) is 13.3. The van der Waals surface area contributed by atoms with Crippen LogP contribution >= 0.6 is 0 Å². The molecule has 0 unspecified atom stereocenters. The number of rotatable bonds is 4. The zero-order valence-corrected chi connectivity index (χ0v) is 20.4. The molecule has 0 aromatic heterocycles. The van der Waals surface area contributed by atoms with Gasteiger partial charge in [0.2, 0.25) is 0 Å². The minimum atomic E-state index is -2.39. The molecule has 160 valence electrons. The van der Waals surface area contributed by atoms with Gasteiger partial charge in [0.05, 0.1) is 17.1 Å². The minimum absolute atomic E-state index is 0.0529. The van der Waals surface area contributed by atoms with E-state index in [0.717, 1.165) is 12.8 Å². The summed E-state index contributed by atoms with van der Waals surface area (Å²) in [5.74, 6) is 0.376. The van der Waals surface area contributed by atoms with Gasteiger partial charge in [0, 0.05) is 6.42 Å². The fourth-order valence-electron chi connectivity index (χ4n) is 6.94. The summed E-state index contributed by atoms with van der Waals surface area (Å²) in [6.07, 6.45) is 2.47. The number of carbonyl (C=O) groups excluding carboxylic acids is 1. The van der Waals surface area contributed by atoms with E-state index in [1.165, 1.54) is 10.4 Å². The van der Waals surface area contributed by atoms with E-state index in [2.05, 4.69) is 102 Å². The Bertz CT molecular complexity index is 873. The molecule has 2 aliphatic rings. The molecule has 2 heterocycles. The first-order valence-electron chi connectivity index (χ1n) is 11.4. The molecule has 4 rings (SSSR count).